The third-order valence-corrected chi connectivity index (χ3v) is 2.41. The van der Waals surface area contributed by atoms with Crippen molar-refractivity contribution in [3.05, 3.63) is 18.4 Å². The van der Waals surface area contributed by atoms with Crippen LogP contribution in [0.25, 0.3) is 0 Å². The lowest BCUT2D eigenvalue weighted by Gasteiger charge is -2.29. The summed E-state index contributed by atoms with van der Waals surface area (Å²) in [7, 11) is 0. The molecule has 4 heteroatoms. The zero-order chi connectivity index (χ0) is 9.10. The molecular formula is C9H14N2O2. The molecule has 1 N–H and O–H groups in total. The van der Waals surface area contributed by atoms with Crippen molar-refractivity contribution in [3.63, 3.8) is 0 Å². The van der Waals surface area contributed by atoms with Gasteiger partial charge in [0.15, 0.2) is 6.23 Å². The number of rotatable bonds is 2. The number of hydrogen-bond acceptors (Lipinski definition) is 4. The van der Waals surface area contributed by atoms with E-state index in [1.807, 2.05) is 4.90 Å². The standard InChI is InChI=1S/C9H14N2O2/c12-9(8-10-4-7-13-8)11-5-2-1-3-6-11/h4,7,9,12H,1-3,5-6H2/t9-/m0/s1. The fraction of sp³-hybridized carbons (Fsp3) is 0.667. The van der Waals surface area contributed by atoms with Crippen molar-refractivity contribution < 1.29 is 9.52 Å². The molecular weight excluding hydrogens is 168 g/mol. The largest absolute Gasteiger partial charge is 0.445 e. The van der Waals surface area contributed by atoms with Crippen LogP contribution in [-0.4, -0.2) is 28.1 Å². The first-order valence-electron chi connectivity index (χ1n) is 4.69. The van der Waals surface area contributed by atoms with Crippen LogP contribution in [0.3, 0.4) is 0 Å². The third-order valence-electron chi connectivity index (χ3n) is 2.41. The van der Waals surface area contributed by atoms with Crippen molar-refractivity contribution in [1.29, 1.82) is 0 Å². The van der Waals surface area contributed by atoms with Gasteiger partial charge in [-0.2, -0.15) is 0 Å². The highest BCUT2D eigenvalue weighted by Gasteiger charge is 2.22. The number of hydrogen-bond donors (Lipinski definition) is 1. The molecule has 13 heavy (non-hydrogen) atoms. The summed E-state index contributed by atoms with van der Waals surface area (Å²) in [5.41, 5.74) is 0. The number of likely N-dealkylation sites (tertiary alicyclic amines) is 1. The van der Waals surface area contributed by atoms with E-state index in [9.17, 15) is 5.11 Å². The highest BCUT2D eigenvalue weighted by molar-refractivity contribution is 4.86. The van der Waals surface area contributed by atoms with E-state index in [0.717, 1.165) is 25.9 Å². The molecule has 1 aromatic rings. The summed E-state index contributed by atoms with van der Waals surface area (Å²) in [5.74, 6) is 0.405. The highest BCUT2D eigenvalue weighted by atomic mass is 16.4. The van der Waals surface area contributed by atoms with Gasteiger partial charge in [0.2, 0.25) is 5.89 Å². The molecule has 0 aliphatic carbocycles. The predicted molar refractivity (Wildman–Crippen MR) is 46.9 cm³/mol. The minimum Gasteiger partial charge on any atom is -0.445 e. The van der Waals surface area contributed by atoms with Crippen molar-refractivity contribution in [2.45, 2.75) is 25.5 Å². The van der Waals surface area contributed by atoms with Gasteiger partial charge in [-0.15, -0.1) is 0 Å². The second-order valence-electron chi connectivity index (χ2n) is 3.34. The van der Waals surface area contributed by atoms with Crippen LogP contribution in [-0.2, 0) is 0 Å². The minimum atomic E-state index is -0.657. The quantitative estimate of drug-likeness (QED) is 0.745. The van der Waals surface area contributed by atoms with Gasteiger partial charge >= 0.3 is 0 Å². The fourth-order valence-electron chi connectivity index (χ4n) is 1.68. The van der Waals surface area contributed by atoms with E-state index in [1.165, 1.54) is 12.7 Å². The molecule has 1 saturated heterocycles. The van der Waals surface area contributed by atoms with Gasteiger partial charge in [-0.25, -0.2) is 4.98 Å². The third kappa shape index (κ3) is 1.89. The lowest BCUT2D eigenvalue weighted by molar-refractivity contribution is -0.0281. The number of nitrogens with zero attached hydrogens (tertiary/aromatic N) is 2. The van der Waals surface area contributed by atoms with Gasteiger partial charge in [0.1, 0.15) is 6.26 Å². The Labute approximate surface area is 77.2 Å². The average molecular weight is 182 g/mol. The second-order valence-corrected chi connectivity index (χ2v) is 3.34. The van der Waals surface area contributed by atoms with Gasteiger partial charge in [-0.3, -0.25) is 4.90 Å². The molecule has 1 aromatic heterocycles. The molecule has 1 aliphatic rings. The Morgan fingerprint density at radius 1 is 1.38 bits per heavy atom. The van der Waals surface area contributed by atoms with Crippen LogP contribution in [0.5, 0.6) is 0 Å². The van der Waals surface area contributed by atoms with Gasteiger partial charge in [-0.05, 0) is 12.8 Å². The molecule has 2 rings (SSSR count). The van der Waals surface area contributed by atoms with Gasteiger partial charge < -0.3 is 9.52 Å². The van der Waals surface area contributed by atoms with Crippen LogP contribution in [0.4, 0.5) is 0 Å². The van der Waals surface area contributed by atoms with E-state index in [0.29, 0.717) is 5.89 Å². The van der Waals surface area contributed by atoms with Crippen LogP contribution in [0.1, 0.15) is 31.4 Å². The molecule has 1 atom stereocenters. The van der Waals surface area contributed by atoms with Gasteiger partial charge in [0.25, 0.3) is 0 Å². The lowest BCUT2D eigenvalue weighted by Crippen LogP contribution is -2.33. The molecule has 0 bridgehead atoms. The van der Waals surface area contributed by atoms with Gasteiger partial charge in [0, 0.05) is 13.1 Å². The molecule has 0 spiro atoms. The maximum absolute atomic E-state index is 9.80. The fourth-order valence-corrected chi connectivity index (χ4v) is 1.68. The second kappa shape index (κ2) is 3.89. The zero-order valence-electron chi connectivity index (χ0n) is 7.52. The Kier molecular flexibility index (Phi) is 2.61. The molecule has 0 radical (unpaired) electrons. The van der Waals surface area contributed by atoms with Gasteiger partial charge in [-0.1, -0.05) is 6.42 Å². The molecule has 1 fully saturated rings. The molecule has 0 unspecified atom stereocenters. The van der Waals surface area contributed by atoms with Crippen LogP contribution in [0.2, 0.25) is 0 Å². The van der Waals surface area contributed by atoms with E-state index in [-0.39, 0.29) is 0 Å². The van der Waals surface area contributed by atoms with Gasteiger partial charge in [0.05, 0.1) is 6.20 Å². The first-order valence-corrected chi connectivity index (χ1v) is 4.69. The van der Waals surface area contributed by atoms with Crippen LogP contribution < -0.4 is 0 Å². The normalized spacial score (nSPS) is 21.6. The Morgan fingerprint density at radius 2 is 2.15 bits per heavy atom. The number of aliphatic hydroxyl groups is 1. The molecule has 1 aliphatic heterocycles. The molecule has 4 nitrogen and oxygen atoms in total. The maximum Gasteiger partial charge on any atom is 0.238 e. The summed E-state index contributed by atoms with van der Waals surface area (Å²) < 4.78 is 5.05. The Bertz CT molecular complexity index is 242. The highest BCUT2D eigenvalue weighted by Crippen LogP contribution is 2.20. The zero-order valence-corrected chi connectivity index (χ0v) is 7.52. The first-order chi connectivity index (χ1) is 6.38. The number of oxazole rings is 1. The topological polar surface area (TPSA) is 49.5 Å². The lowest BCUT2D eigenvalue weighted by atomic mass is 10.1. The van der Waals surface area contributed by atoms with E-state index >= 15 is 0 Å². The molecule has 0 amide bonds. The summed E-state index contributed by atoms with van der Waals surface area (Å²) in [6.45, 7) is 1.87. The average Bonchev–Trinajstić information content (AvgIpc) is 2.71. The van der Waals surface area contributed by atoms with E-state index < -0.39 is 6.23 Å². The van der Waals surface area contributed by atoms with E-state index in [1.54, 1.807) is 6.20 Å². The smallest absolute Gasteiger partial charge is 0.238 e. The summed E-state index contributed by atoms with van der Waals surface area (Å²) in [4.78, 5) is 5.93. The summed E-state index contributed by atoms with van der Waals surface area (Å²) >= 11 is 0. The van der Waals surface area contributed by atoms with Crippen molar-refractivity contribution in [1.82, 2.24) is 9.88 Å². The molecule has 2 heterocycles. The summed E-state index contributed by atoms with van der Waals surface area (Å²) in [6, 6.07) is 0. The summed E-state index contributed by atoms with van der Waals surface area (Å²) in [5, 5.41) is 9.80. The van der Waals surface area contributed by atoms with E-state index in [2.05, 4.69) is 4.98 Å². The van der Waals surface area contributed by atoms with Crippen LogP contribution in [0, 0.1) is 0 Å². The SMILES string of the molecule is O[C@@H](c1ncco1)N1CCCCC1. The Hall–Kier alpha value is -0.870. The first kappa shape index (κ1) is 8.72. The molecule has 72 valence electrons. The molecule has 0 aromatic carbocycles. The van der Waals surface area contributed by atoms with Crippen molar-refractivity contribution >= 4 is 0 Å². The minimum absolute atomic E-state index is 0.405. The Morgan fingerprint density at radius 3 is 2.77 bits per heavy atom. The van der Waals surface area contributed by atoms with Crippen molar-refractivity contribution in [2.75, 3.05) is 13.1 Å². The Balaban J connectivity index is 1.99. The molecule has 0 saturated carbocycles. The maximum atomic E-state index is 9.80. The van der Waals surface area contributed by atoms with Crippen LogP contribution in [0.15, 0.2) is 16.9 Å². The van der Waals surface area contributed by atoms with Crippen molar-refractivity contribution in [3.8, 4) is 0 Å². The summed E-state index contributed by atoms with van der Waals surface area (Å²) in [6.07, 6.45) is 5.95. The number of aliphatic hydroxyl groups excluding tert-OH is 1. The number of piperidine rings is 1. The van der Waals surface area contributed by atoms with Crippen molar-refractivity contribution in [2.24, 2.45) is 0 Å². The van der Waals surface area contributed by atoms with E-state index in [4.69, 9.17) is 4.42 Å². The number of aromatic nitrogens is 1. The predicted octanol–water partition coefficient (Wildman–Crippen LogP) is 1.15. The monoisotopic (exact) mass is 182 g/mol. The van der Waals surface area contributed by atoms with Crippen LogP contribution >= 0.6 is 0 Å².